The average Bonchev–Trinajstić information content (AvgIpc) is 2.44. The zero-order chi connectivity index (χ0) is 16.0. The highest BCUT2D eigenvalue weighted by Gasteiger charge is 2.28. The Labute approximate surface area is 132 Å². The standard InChI is InChI=1S/C12H15Cl2O6P/c1-18-21(17,19-2)6-5-11(12(15)16)20-10-4-3-8(13)7-9(10)14/h3-4,7,11H,5-6H2,1-2H3,(H,15,16). The molecule has 0 saturated carbocycles. The van der Waals surface area contributed by atoms with Gasteiger partial charge in [-0.1, -0.05) is 23.2 Å². The van der Waals surface area contributed by atoms with Crippen molar-refractivity contribution in [2.75, 3.05) is 20.4 Å². The normalized spacial score (nSPS) is 13.0. The molecule has 1 N–H and O–H groups in total. The molecule has 0 spiro atoms. The number of ether oxygens (including phenoxy) is 1. The molecule has 1 aromatic carbocycles. The Morgan fingerprint density at radius 2 is 1.95 bits per heavy atom. The first-order valence-corrected chi connectivity index (χ1v) is 8.34. The number of rotatable bonds is 8. The van der Waals surface area contributed by atoms with Crippen molar-refractivity contribution < 1.29 is 28.3 Å². The van der Waals surface area contributed by atoms with Crippen molar-refractivity contribution in [3.63, 3.8) is 0 Å². The van der Waals surface area contributed by atoms with Crippen LogP contribution in [0.5, 0.6) is 5.75 Å². The number of hydrogen-bond acceptors (Lipinski definition) is 5. The van der Waals surface area contributed by atoms with Gasteiger partial charge in [0.25, 0.3) is 0 Å². The second-order valence-corrected chi connectivity index (χ2v) is 7.25. The van der Waals surface area contributed by atoms with E-state index in [-0.39, 0.29) is 23.4 Å². The lowest BCUT2D eigenvalue weighted by molar-refractivity contribution is -0.145. The van der Waals surface area contributed by atoms with Crippen LogP contribution < -0.4 is 4.74 Å². The number of benzene rings is 1. The molecule has 0 aromatic heterocycles. The first kappa shape index (κ1) is 18.3. The highest BCUT2D eigenvalue weighted by atomic mass is 35.5. The lowest BCUT2D eigenvalue weighted by atomic mass is 10.2. The molecule has 0 radical (unpaired) electrons. The molecule has 1 aromatic rings. The van der Waals surface area contributed by atoms with Crippen LogP contribution in [0.4, 0.5) is 0 Å². The van der Waals surface area contributed by atoms with Crippen molar-refractivity contribution in [1.29, 1.82) is 0 Å². The third kappa shape index (κ3) is 5.49. The van der Waals surface area contributed by atoms with Gasteiger partial charge in [0, 0.05) is 25.7 Å². The fourth-order valence-corrected chi connectivity index (χ4v) is 3.01. The highest BCUT2D eigenvalue weighted by Crippen LogP contribution is 2.47. The van der Waals surface area contributed by atoms with Crippen LogP contribution in [0.3, 0.4) is 0 Å². The Hall–Kier alpha value is -0.780. The zero-order valence-corrected chi connectivity index (χ0v) is 13.8. The van der Waals surface area contributed by atoms with E-state index in [1.165, 1.54) is 32.4 Å². The molecule has 0 aliphatic rings. The molecule has 118 valence electrons. The minimum Gasteiger partial charge on any atom is -0.479 e. The summed E-state index contributed by atoms with van der Waals surface area (Å²) in [6, 6.07) is 4.43. The van der Waals surface area contributed by atoms with Crippen LogP contribution in [0.1, 0.15) is 6.42 Å². The molecule has 0 heterocycles. The predicted octanol–water partition coefficient (Wildman–Crippen LogP) is 3.70. The molecule has 21 heavy (non-hydrogen) atoms. The lowest BCUT2D eigenvalue weighted by Crippen LogP contribution is -2.28. The molecule has 0 fully saturated rings. The third-order valence-corrected chi connectivity index (χ3v) is 5.11. The fourth-order valence-electron chi connectivity index (χ4n) is 1.49. The van der Waals surface area contributed by atoms with Crippen molar-refractivity contribution in [2.45, 2.75) is 12.5 Å². The van der Waals surface area contributed by atoms with Crippen molar-refractivity contribution >= 4 is 36.8 Å². The van der Waals surface area contributed by atoms with Gasteiger partial charge in [0.2, 0.25) is 0 Å². The molecule has 1 rings (SSSR count). The van der Waals surface area contributed by atoms with Crippen LogP contribution in [0.2, 0.25) is 10.0 Å². The van der Waals surface area contributed by atoms with Crippen molar-refractivity contribution in [3.05, 3.63) is 28.2 Å². The number of aliphatic carboxylic acids is 1. The Morgan fingerprint density at radius 1 is 1.33 bits per heavy atom. The van der Waals surface area contributed by atoms with E-state index in [9.17, 15) is 9.36 Å². The monoisotopic (exact) mass is 356 g/mol. The van der Waals surface area contributed by atoms with Gasteiger partial charge in [-0.25, -0.2) is 4.79 Å². The van der Waals surface area contributed by atoms with E-state index < -0.39 is 19.7 Å². The number of carboxylic acids is 1. The molecule has 0 aliphatic heterocycles. The summed E-state index contributed by atoms with van der Waals surface area (Å²) in [4.78, 5) is 11.2. The van der Waals surface area contributed by atoms with Gasteiger partial charge in [-0.3, -0.25) is 4.57 Å². The second kappa shape index (κ2) is 8.01. The Balaban J connectivity index is 2.79. The van der Waals surface area contributed by atoms with Gasteiger partial charge in [0.1, 0.15) is 5.75 Å². The van der Waals surface area contributed by atoms with Crippen molar-refractivity contribution in [1.82, 2.24) is 0 Å². The van der Waals surface area contributed by atoms with Gasteiger partial charge >= 0.3 is 13.6 Å². The molecular formula is C12H15Cl2O6P. The van der Waals surface area contributed by atoms with Crippen LogP contribution in [-0.4, -0.2) is 37.6 Å². The van der Waals surface area contributed by atoms with Crippen molar-refractivity contribution in [3.8, 4) is 5.75 Å². The number of carboxylic acid groups (broad SMARTS) is 1. The minimum atomic E-state index is -3.30. The molecule has 0 aliphatic carbocycles. The Bertz CT molecular complexity index is 543. The van der Waals surface area contributed by atoms with E-state index >= 15 is 0 Å². The maximum atomic E-state index is 11.9. The lowest BCUT2D eigenvalue weighted by Gasteiger charge is -2.18. The van der Waals surface area contributed by atoms with Gasteiger partial charge < -0.3 is 18.9 Å². The van der Waals surface area contributed by atoms with E-state index in [0.717, 1.165) is 0 Å². The van der Waals surface area contributed by atoms with Gasteiger partial charge in [0.05, 0.1) is 11.2 Å². The molecule has 0 amide bonds. The molecule has 0 bridgehead atoms. The molecule has 9 heteroatoms. The highest BCUT2D eigenvalue weighted by molar-refractivity contribution is 7.53. The molecule has 0 saturated heterocycles. The average molecular weight is 357 g/mol. The van der Waals surface area contributed by atoms with E-state index in [1.54, 1.807) is 0 Å². The quantitative estimate of drug-likeness (QED) is 0.715. The third-order valence-electron chi connectivity index (χ3n) is 2.66. The van der Waals surface area contributed by atoms with E-state index in [0.29, 0.717) is 5.02 Å². The van der Waals surface area contributed by atoms with Crippen LogP contribution >= 0.6 is 30.8 Å². The number of hydrogen-bond donors (Lipinski definition) is 1. The van der Waals surface area contributed by atoms with E-state index in [2.05, 4.69) is 0 Å². The number of carbonyl (C=O) groups is 1. The van der Waals surface area contributed by atoms with Gasteiger partial charge in [0.15, 0.2) is 6.10 Å². The maximum Gasteiger partial charge on any atom is 0.344 e. The Morgan fingerprint density at radius 3 is 2.43 bits per heavy atom. The summed E-state index contributed by atoms with van der Waals surface area (Å²) in [6.45, 7) is 0. The maximum absolute atomic E-state index is 11.9. The van der Waals surface area contributed by atoms with E-state index in [4.69, 9.17) is 42.1 Å². The summed E-state index contributed by atoms with van der Waals surface area (Å²) in [5.74, 6) is -1.03. The molecular weight excluding hydrogens is 342 g/mol. The van der Waals surface area contributed by atoms with Crippen LogP contribution in [0.25, 0.3) is 0 Å². The molecule has 6 nitrogen and oxygen atoms in total. The second-order valence-electron chi connectivity index (χ2n) is 4.01. The first-order valence-electron chi connectivity index (χ1n) is 5.86. The summed E-state index contributed by atoms with van der Waals surface area (Å²) in [6.07, 6.45) is -1.39. The zero-order valence-electron chi connectivity index (χ0n) is 11.4. The van der Waals surface area contributed by atoms with Gasteiger partial charge in [-0.2, -0.15) is 0 Å². The summed E-state index contributed by atoms with van der Waals surface area (Å²) < 4.78 is 26.7. The summed E-state index contributed by atoms with van der Waals surface area (Å²) in [5, 5.41) is 9.75. The largest absolute Gasteiger partial charge is 0.479 e. The van der Waals surface area contributed by atoms with Gasteiger partial charge in [-0.05, 0) is 18.2 Å². The SMILES string of the molecule is COP(=O)(CCC(Oc1ccc(Cl)cc1Cl)C(=O)O)OC. The number of halogens is 2. The predicted molar refractivity (Wildman–Crippen MR) is 79.6 cm³/mol. The van der Waals surface area contributed by atoms with E-state index in [1.807, 2.05) is 0 Å². The molecule has 1 atom stereocenters. The summed E-state index contributed by atoms with van der Waals surface area (Å²) in [5.41, 5.74) is 0. The van der Waals surface area contributed by atoms with Crippen LogP contribution in [0.15, 0.2) is 18.2 Å². The minimum absolute atomic E-state index is 0.0623. The summed E-state index contributed by atoms with van der Waals surface area (Å²) in [7, 11) is -0.830. The smallest absolute Gasteiger partial charge is 0.344 e. The van der Waals surface area contributed by atoms with Gasteiger partial charge in [-0.15, -0.1) is 0 Å². The van der Waals surface area contributed by atoms with Crippen molar-refractivity contribution in [2.24, 2.45) is 0 Å². The van der Waals surface area contributed by atoms with Crippen LogP contribution in [0, 0.1) is 0 Å². The van der Waals surface area contributed by atoms with Crippen LogP contribution in [-0.2, 0) is 18.4 Å². The molecule has 1 unspecified atom stereocenters. The topological polar surface area (TPSA) is 82.1 Å². The first-order chi connectivity index (χ1) is 9.81. The Kier molecular flexibility index (Phi) is 6.97. The summed E-state index contributed by atoms with van der Waals surface area (Å²) >= 11 is 11.7. The fraction of sp³-hybridized carbons (Fsp3) is 0.417.